The summed E-state index contributed by atoms with van der Waals surface area (Å²) in [6.07, 6.45) is 0. The molecule has 8 aromatic rings. The van der Waals surface area contributed by atoms with E-state index in [0.717, 1.165) is 17.1 Å². The Bertz CT molecular complexity index is 2410. The first-order chi connectivity index (χ1) is 25.6. The standard InChI is InChI=1S/C51H39N/c1-51(2)47-23-13-12-21-45(47)46-34-29-41(35-48(46)51)44-22-14-24-49(50(44)40-19-10-5-11-20-40)52(42-30-25-38(26-31-42)36-15-6-3-7-16-36)43-32-27-39(28-33-43)37-17-8-4-9-18-37/h3-35H,1-2H3. The van der Waals surface area contributed by atoms with Crippen LogP contribution in [-0.4, -0.2) is 0 Å². The van der Waals surface area contributed by atoms with Crippen molar-refractivity contribution in [1.29, 1.82) is 0 Å². The third-order valence-electron chi connectivity index (χ3n) is 10.7. The Labute approximate surface area is 307 Å². The highest BCUT2D eigenvalue weighted by Gasteiger charge is 2.35. The van der Waals surface area contributed by atoms with E-state index in [1.54, 1.807) is 0 Å². The topological polar surface area (TPSA) is 3.24 Å². The summed E-state index contributed by atoms with van der Waals surface area (Å²) in [5.74, 6) is 0. The summed E-state index contributed by atoms with van der Waals surface area (Å²) in [7, 11) is 0. The van der Waals surface area contributed by atoms with Gasteiger partial charge in [0.1, 0.15) is 0 Å². The number of benzene rings is 8. The molecule has 0 saturated carbocycles. The smallest absolute Gasteiger partial charge is 0.0546 e. The van der Waals surface area contributed by atoms with Gasteiger partial charge >= 0.3 is 0 Å². The van der Waals surface area contributed by atoms with E-state index in [9.17, 15) is 0 Å². The van der Waals surface area contributed by atoms with E-state index in [4.69, 9.17) is 0 Å². The van der Waals surface area contributed by atoms with Crippen LogP contribution >= 0.6 is 0 Å². The number of anilines is 3. The first-order valence-electron chi connectivity index (χ1n) is 18.1. The quantitative estimate of drug-likeness (QED) is 0.164. The molecule has 0 N–H and O–H groups in total. The lowest BCUT2D eigenvalue weighted by molar-refractivity contribution is 0.660. The van der Waals surface area contributed by atoms with E-state index in [1.165, 1.54) is 66.8 Å². The molecule has 1 aliphatic rings. The summed E-state index contributed by atoms with van der Waals surface area (Å²) >= 11 is 0. The summed E-state index contributed by atoms with van der Waals surface area (Å²) in [6.45, 7) is 4.71. The highest BCUT2D eigenvalue weighted by atomic mass is 15.1. The fourth-order valence-corrected chi connectivity index (χ4v) is 8.04. The van der Waals surface area contributed by atoms with E-state index >= 15 is 0 Å². The summed E-state index contributed by atoms with van der Waals surface area (Å²) in [6, 6.07) is 72.8. The summed E-state index contributed by atoms with van der Waals surface area (Å²) in [5.41, 5.74) is 18.3. The van der Waals surface area contributed by atoms with Gasteiger partial charge < -0.3 is 4.90 Å². The zero-order chi connectivity index (χ0) is 35.1. The van der Waals surface area contributed by atoms with E-state index in [2.05, 4.69) is 219 Å². The summed E-state index contributed by atoms with van der Waals surface area (Å²) in [4.78, 5) is 2.42. The Morgan fingerprint density at radius 2 is 0.769 bits per heavy atom. The molecule has 1 nitrogen and oxygen atoms in total. The molecule has 0 amide bonds. The largest absolute Gasteiger partial charge is 0.310 e. The highest BCUT2D eigenvalue weighted by molar-refractivity contribution is 5.98. The highest BCUT2D eigenvalue weighted by Crippen LogP contribution is 2.51. The van der Waals surface area contributed by atoms with E-state index in [-0.39, 0.29) is 5.41 Å². The van der Waals surface area contributed by atoms with Crippen molar-refractivity contribution in [2.75, 3.05) is 4.90 Å². The number of rotatable bonds is 7. The molecule has 0 saturated heterocycles. The van der Waals surface area contributed by atoms with Crippen molar-refractivity contribution in [3.63, 3.8) is 0 Å². The molecule has 1 aliphatic carbocycles. The molecule has 0 aromatic heterocycles. The van der Waals surface area contributed by atoms with Crippen LogP contribution in [0.4, 0.5) is 17.1 Å². The van der Waals surface area contributed by atoms with Gasteiger partial charge in [0.05, 0.1) is 5.69 Å². The Morgan fingerprint density at radius 1 is 0.327 bits per heavy atom. The predicted molar refractivity (Wildman–Crippen MR) is 220 cm³/mol. The third kappa shape index (κ3) is 5.52. The SMILES string of the molecule is CC1(C)c2ccccc2-c2ccc(-c3cccc(N(c4ccc(-c5ccccc5)cc4)c4ccc(-c5ccccc5)cc4)c3-c3ccccc3)cc21. The van der Waals surface area contributed by atoms with Crippen molar-refractivity contribution in [2.24, 2.45) is 0 Å². The predicted octanol–water partition coefficient (Wildman–Crippen LogP) is 14.1. The van der Waals surface area contributed by atoms with Gasteiger partial charge in [0.15, 0.2) is 0 Å². The molecule has 0 spiro atoms. The molecule has 0 bridgehead atoms. The Balaban J connectivity index is 1.24. The van der Waals surface area contributed by atoms with Gasteiger partial charge in [-0.15, -0.1) is 0 Å². The summed E-state index contributed by atoms with van der Waals surface area (Å²) < 4.78 is 0. The fraction of sp³-hybridized carbons (Fsp3) is 0.0588. The van der Waals surface area contributed by atoms with Gasteiger partial charge in [0, 0.05) is 22.4 Å². The van der Waals surface area contributed by atoms with Gasteiger partial charge in [-0.25, -0.2) is 0 Å². The number of nitrogens with zero attached hydrogens (tertiary/aromatic N) is 1. The first kappa shape index (κ1) is 31.5. The van der Waals surface area contributed by atoms with Crippen LogP contribution in [0.25, 0.3) is 55.6 Å². The van der Waals surface area contributed by atoms with Crippen LogP contribution in [0.1, 0.15) is 25.0 Å². The molecule has 0 heterocycles. The molecule has 0 atom stereocenters. The van der Waals surface area contributed by atoms with Gasteiger partial charge in [-0.2, -0.15) is 0 Å². The summed E-state index contributed by atoms with van der Waals surface area (Å²) in [5, 5.41) is 0. The third-order valence-corrected chi connectivity index (χ3v) is 10.7. The molecule has 52 heavy (non-hydrogen) atoms. The monoisotopic (exact) mass is 665 g/mol. The molecular formula is C51H39N. The molecule has 0 fully saturated rings. The minimum Gasteiger partial charge on any atom is -0.310 e. The Kier molecular flexibility index (Phi) is 7.90. The van der Waals surface area contributed by atoms with Crippen LogP contribution in [0.5, 0.6) is 0 Å². The zero-order valence-corrected chi connectivity index (χ0v) is 29.5. The maximum atomic E-state index is 2.44. The van der Waals surface area contributed by atoms with Crippen molar-refractivity contribution in [1.82, 2.24) is 0 Å². The average Bonchev–Trinajstić information content (AvgIpc) is 3.45. The second-order valence-corrected chi connectivity index (χ2v) is 14.2. The van der Waals surface area contributed by atoms with Crippen LogP contribution in [0.3, 0.4) is 0 Å². The van der Waals surface area contributed by atoms with Crippen LogP contribution in [0.15, 0.2) is 200 Å². The van der Waals surface area contributed by atoms with Gasteiger partial charge in [-0.05, 0) is 97.6 Å². The lowest BCUT2D eigenvalue weighted by Gasteiger charge is -2.30. The zero-order valence-electron chi connectivity index (χ0n) is 29.5. The second-order valence-electron chi connectivity index (χ2n) is 14.2. The molecule has 0 aliphatic heterocycles. The van der Waals surface area contributed by atoms with Crippen molar-refractivity contribution in [3.05, 3.63) is 211 Å². The maximum Gasteiger partial charge on any atom is 0.0546 e. The molecular weight excluding hydrogens is 627 g/mol. The normalized spacial score (nSPS) is 12.6. The lowest BCUT2D eigenvalue weighted by atomic mass is 9.81. The Morgan fingerprint density at radius 3 is 1.35 bits per heavy atom. The molecule has 9 rings (SSSR count). The minimum atomic E-state index is -0.0838. The number of fused-ring (bicyclic) bond motifs is 3. The average molecular weight is 666 g/mol. The van der Waals surface area contributed by atoms with Crippen LogP contribution < -0.4 is 4.90 Å². The first-order valence-corrected chi connectivity index (χ1v) is 18.1. The van der Waals surface area contributed by atoms with Gasteiger partial charge in [-0.3, -0.25) is 0 Å². The van der Waals surface area contributed by atoms with Crippen LogP contribution in [-0.2, 0) is 5.41 Å². The van der Waals surface area contributed by atoms with Gasteiger partial charge in [-0.1, -0.05) is 178 Å². The molecule has 1 heteroatoms. The van der Waals surface area contributed by atoms with Crippen molar-refractivity contribution in [2.45, 2.75) is 19.3 Å². The van der Waals surface area contributed by atoms with Crippen molar-refractivity contribution in [3.8, 4) is 55.6 Å². The minimum absolute atomic E-state index is 0.0838. The van der Waals surface area contributed by atoms with Gasteiger partial charge in [0.25, 0.3) is 0 Å². The van der Waals surface area contributed by atoms with Crippen LogP contribution in [0.2, 0.25) is 0 Å². The molecule has 0 radical (unpaired) electrons. The molecule has 8 aromatic carbocycles. The van der Waals surface area contributed by atoms with Gasteiger partial charge in [0.2, 0.25) is 0 Å². The maximum absolute atomic E-state index is 2.44. The molecule has 0 unspecified atom stereocenters. The van der Waals surface area contributed by atoms with Crippen LogP contribution in [0, 0.1) is 0 Å². The number of hydrogen-bond donors (Lipinski definition) is 0. The van der Waals surface area contributed by atoms with E-state index < -0.39 is 0 Å². The Hall–Kier alpha value is -6.44. The molecule has 248 valence electrons. The van der Waals surface area contributed by atoms with E-state index in [0.29, 0.717) is 0 Å². The van der Waals surface area contributed by atoms with Crippen molar-refractivity contribution >= 4 is 17.1 Å². The van der Waals surface area contributed by atoms with E-state index in [1.807, 2.05) is 0 Å². The second kappa shape index (κ2) is 13.0. The fourth-order valence-electron chi connectivity index (χ4n) is 8.04. The number of hydrogen-bond acceptors (Lipinski definition) is 1. The van der Waals surface area contributed by atoms with Crippen molar-refractivity contribution < 1.29 is 0 Å². The lowest BCUT2D eigenvalue weighted by Crippen LogP contribution is -2.15.